The van der Waals surface area contributed by atoms with E-state index in [1.807, 2.05) is 13.8 Å². The quantitative estimate of drug-likeness (QED) is 0.699. The summed E-state index contributed by atoms with van der Waals surface area (Å²) in [5, 5.41) is 1.36. The molecule has 1 aliphatic rings. The third-order valence-corrected chi connectivity index (χ3v) is 2.64. The van der Waals surface area contributed by atoms with Crippen molar-refractivity contribution >= 4 is 10.9 Å². The Balaban J connectivity index is 0.000000406. The van der Waals surface area contributed by atoms with E-state index >= 15 is 0 Å². The molecule has 0 atom stereocenters. The summed E-state index contributed by atoms with van der Waals surface area (Å²) in [7, 11) is 0. The van der Waals surface area contributed by atoms with Crippen molar-refractivity contribution in [2.45, 2.75) is 26.9 Å². The summed E-state index contributed by atoms with van der Waals surface area (Å²) in [6, 6.07) is 8.45. The molecule has 0 saturated heterocycles. The van der Waals surface area contributed by atoms with Crippen LogP contribution in [0.25, 0.3) is 10.9 Å². The highest BCUT2D eigenvalue weighted by Crippen LogP contribution is 2.25. The van der Waals surface area contributed by atoms with Gasteiger partial charge in [-0.2, -0.15) is 0 Å². The van der Waals surface area contributed by atoms with Gasteiger partial charge in [0.05, 0.1) is 13.2 Å². The van der Waals surface area contributed by atoms with Crippen LogP contribution in [0.5, 0.6) is 0 Å². The molecule has 0 saturated carbocycles. The summed E-state index contributed by atoms with van der Waals surface area (Å²) in [5.41, 5.74) is 3.94. The van der Waals surface area contributed by atoms with E-state index in [4.69, 9.17) is 4.74 Å². The molecule has 2 aromatic rings. The lowest BCUT2D eigenvalue weighted by atomic mass is 10.1. The molecule has 0 bridgehead atoms. The molecule has 0 aliphatic carbocycles. The predicted molar refractivity (Wildman–Crippen MR) is 65.1 cm³/mol. The van der Waals surface area contributed by atoms with Crippen LogP contribution in [0.4, 0.5) is 0 Å². The van der Waals surface area contributed by atoms with Crippen molar-refractivity contribution in [2.75, 3.05) is 6.61 Å². The van der Waals surface area contributed by atoms with Crippen LogP contribution in [0.3, 0.4) is 0 Å². The molecule has 1 aromatic heterocycles. The molecule has 15 heavy (non-hydrogen) atoms. The summed E-state index contributed by atoms with van der Waals surface area (Å²) in [6.07, 6.45) is 1.04. The SMILES string of the molecule is CC.[HH].c1ccc2c3c([nH]c2c1)COCC3. The minimum Gasteiger partial charge on any atom is -0.375 e. The fourth-order valence-electron chi connectivity index (χ4n) is 2.01. The average Bonchev–Trinajstić information content (AvgIpc) is 2.70. The number of ether oxygens (including phenoxy) is 1. The van der Waals surface area contributed by atoms with Gasteiger partial charge in [-0.05, 0) is 18.1 Å². The molecule has 0 radical (unpaired) electrons. The average molecular weight is 205 g/mol. The highest BCUT2D eigenvalue weighted by Gasteiger charge is 2.14. The first-order valence-electron chi connectivity index (χ1n) is 5.61. The van der Waals surface area contributed by atoms with Gasteiger partial charge in [0, 0.05) is 18.0 Å². The number of hydrogen-bond acceptors (Lipinski definition) is 1. The van der Waals surface area contributed by atoms with Crippen molar-refractivity contribution in [3.63, 3.8) is 0 Å². The summed E-state index contributed by atoms with van der Waals surface area (Å²) in [4.78, 5) is 3.39. The Kier molecular flexibility index (Phi) is 3.07. The number of H-pyrrole nitrogens is 1. The van der Waals surface area contributed by atoms with Crippen LogP contribution in [0.1, 0.15) is 26.5 Å². The van der Waals surface area contributed by atoms with Crippen LogP contribution in [0.15, 0.2) is 24.3 Å². The van der Waals surface area contributed by atoms with Crippen molar-refractivity contribution in [1.82, 2.24) is 4.98 Å². The second kappa shape index (κ2) is 4.49. The fourth-order valence-corrected chi connectivity index (χ4v) is 2.01. The molecule has 0 fully saturated rings. The Labute approximate surface area is 91.7 Å². The van der Waals surface area contributed by atoms with Crippen LogP contribution in [-0.4, -0.2) is 11.6 Å². The van der Waals surface area contributed by atoms with Gasteiger partial charge >= 0.3 is 0 Å². The van der Waals surface area contributed by atoms with E-state index in [2.05, 4.69) is 29.2 Å². The molecular weight excluding hydrogens is 186 g/mol. The molecule has 1 N–H and O–H groups in total. The minimum absolute atomic E-state index is 0. The fraction of sp³-hybridized carbons (Fsp3) is 0.385. The predicted octanol–water partition coefficient (Wildman–Crippen LogP) is 3.51. The first-order valence-corrected chi connectivity index (χ1v) is 5.61. The highest BCUT2D eigenvalue weighted by atomic mass is 16.5. The molecule has 2 nitrogen and oxygen atoms in total. The Morgan fingerprint density at radius 2 is 2.07 bits per heavy atom. The van der Waals surface area contributed by atoms with Gasteiger partial charge < -0.3 is 9.72 Å². The number of fused-ring (bicyclic) bond motifs is 3. The lowest BCUT2D eigenvalue weighted by Crippen LogP contribution is -2.08. The lowest BCUT2D eigenvalue weighted by molar-refractivity contribution is 0.109. The number of benzene rings is 1. The molecular formula is C13H19NO. The Morgan fingerprint density at radius 3 is 2.93 bits per heavy atom. The molecule has 2 heterocycles. The largest absolute Gasteiger partial charge is 0.375 e. The molecule has 1 aliphatic heterocycles. The number of para-hydroxylation sites is 1. The maximum absolute atomic E-state index is 5.39. The number of nitrogens with one attached hydrogen (secondary N) is 1. The van der Waals surface area contributed by atoms with E-state index < -0.39 is 0 Å². The lowest BCUT2D eigenvalue weighted by Gasteiger charge is -2.11. The van der Waals surface area contributed by atoms with Crippen molar-refractivity contribution < 1.29 is 6.16 Å². The number of aromatic amines is 1. The van der Waals surface area contributed by atoms with Gasteiger partial charge in [0.1, 0.15) is 0 Å². The molecule has 0 unspecified atom stereocenters. The minimum atomic E-state index is 0. The van der Waals surface area contributed by atoms with Gasteiger partial charge in [0.25, 0.3) is 0 Å². The van der Waals surface area contributed by atoms with Crippen molar-refractivity contribution in [1.29, 1.82) is 0 Å². The Hall–Kier alpha value is -1.28. The monoisotopic (exact) mass is 205 g/mol. The van der Waals surface area contributed by atoms with Gasteiger partial charge in [-0.1, -0.05) is 32.0 Å². The third kappa shape index (κ3) is 1.77. The normalized spacial score (nSPS) is 14.3. The second-order valence-corrected chi connectivity index (χ2v) is 3.43. The smallest absolute Gasteiger partial charge is 0.0869 e. The van der Waals surface area contributed by atoms with Gasteiger partial charge in [-0.15, -0.1) is 0 Å². The van der Waals surface area contributed by atoms with E-state index in [0.29, 0.717) is 0 Å². The van der Waals surface area contributed by atoms with E-state index in [9.17, 15) is 0 Å². The zero-order valence-electron chi connectivity index (χ0n) is 9.34. The number of aromatic nitrogens is 1. The van der Waals surface area contributed by atoms with Crippen LogP contribution < -0.4 is 0 Å². The standard InChI is InChI=1S/C11H11NO.C2H6.H2/c1-2-4-10-8(3-1)9-5-6-13-7-11(9)12-10;1-2;/h1-4,12H,5-7H2;1-2H3;1H. The van der Waals surface area contributed by atoms with Gasteiger partial charge in [-0.25, -0.2) is 0 Å². The molecule has 0 amide bonds. The molecule has 2 heteroatoms. The Morgan fingerprint density at radius 1 is 1.27 bits per heavy atom. The molecule has 1 aromatic carbocycles. The second-order valence-electron chi connectivity index (χ2n) is 3.43. The van der Waals surface area contributed by atoms with E-state index in [-0.39, 0.29) is 1.43 Å². The number of hydrogen-bond donors (Lipinski definition) is 1. The van der Waals surface area contributed by atoms with Crippen LogP contribution in [0, 0.1) is 0 Å². The van der Waals surface area contributed by atoms with Crippen LogP contribution in [-0.2, 0) is 17.8 Å². The molecule has 82 valence electrons. The number of rotatable bonds is 0. The highest BCUT2D eigenvalue weighted by molar-refractivity contribution is 5.84. The maximum Gasteiger partial charge on any atom is 0.0869 e. The topological polar surface area (TPSA) is 25.0 Å². The van der Waals surface area contributed by atoms with E-state index in [1.165, 1.54) is 22.2 Å². The Bertz CT molecular complexity index is 450. The summed E-state index contributed by atoms with van der Waals surface area (Å²) in [6.45, 7) is 5.60. The van der Waals surface area contributed by atoms with Gasteiger partial charge in [0.15, 0.2) is 0 Å². The van der Waals surface area contributed by atoms with Crippen molar-refractivity contribution in [2.24, 2.45) is 0 Å². The summed E-state index contributed by atoms with van der Waals surface area (Å²) >= 11 is 0. The maximum atomic E-state index is 5.39. The summed E-state index contributed by atoms with van der Waals surface area (Å²) < 4.78 is 5.39. The first kappa shape index (κ1) is 10.2. The van der Waals surface area contributed by atoms with E-state index in [1.54, 1.807) is 0 Å². The summed E-state index contributed by atoms with van der Waals surface area (Å²) in [5.74, 6) is 0. The molecule has 3 rings (SSSR count). The van der Waals surface area contributed by atoms with Crippen LogP contribution in [0.2, 0.25) is 0 Å². The molecule has 0 spiro atoms. The third-order valence-electron chi connectivity index (χ3n) is 2.64. The zero-order chi connectivity index (χ0) is 10.7. The first-order chi connectivity index (χ1) is 7.45. The van der Waals surface area contributed by atoms with Gasteiger partial charge in [0.2, 0.25) is 0 Å². The van der Waals surface area contributed by atoms with Crippen molar-refractivity contribution in [3.8, 4) is 0 Å². The van der Waals surface area contributed by atoms with Gasteiger partial charge in [-0.3, -0.25) is 0 Å². The zero-order valence-corrected chi connectivity index (χ0v) is 9.34. The van der Waals surface area contributed by atoms with E-state index in [0.717, 1.165) is 19.6 Å². The van der Waals surface area contributed by atoms with Crippen LogP contribution >= 0.6 is 0 Å². The van der Waals surface area contributed by atoms with Crippen molar-refractivity contribution in [3.05, 3.63) is 35.5 Å².